The number of carboxylic acid groups (broad SMARTS) is 1. The minimum Gasteiger partial charge on any atom is -0.480 e. The number of aryl methyl sites for hydroxylation is 1. The number of aliphatic carboxylic acids is 1. The fourth-order valence-electron chi connectivity index (χ4n) is 2.90. The Bertz CT molecular complexity index is 492. The third-order valence-corrected chi connectivity index (χ3v) is 4.23. The van der Waals surface area contributed by atoms with Crippen LogP contribution >= 0.6 is 12.6 Å². The first kappa shape index (κ1) is 15.9. The molecule has 0 saturated carbocycles. The van der Waals surface area contributed by atoms with Gasteiger partial charge in [-0.1, -0.05) is 30.3 Å². The molecule has 1 N–H and O–H groups in total. The van der Waals surface area contributed by atoms with Crippen molar-refractivity contribution in [1.29, 1.82) is 0 Å². The predicted octanol–water partition coefficient (Wildman–Crippen LogP) is 2.24. The van der Waals surface area contributed by atoms with Crippen molar-refractivity contribution in [3.8, 4) is 0 Å². The first-order valence-corrected chi connectivity index (χ1v) is 7.92. The van der Waals surface area contributed by atoms with E-state index in [1.807, 2.05) is 18.2 Å². The number of carbonyl (C=O) groups excluding carboxylic acids is 1. The molecular weight excluding hydrogens is 286 g/mol. The van der Waals surface area contributed by atoms with Gasteiger partial charge in [0.05, 0.1) is 0 Å². The largest absolute Gasteiger partial charge is 0.480 e. The summed E-state index contributed by atoms with van der Waals surface area (Å²) >= 11 is 4.05. The van der Waals surface area contributed by atoms with Crippen molar-refractivity contribution >= 4 is 24.5 Å². The Morgan fingerprint density at radius 3 is 2.62 bits per heavy atom. The third-order valence-electron chi connectivity index (χ3n) is 4.00. The highest BCUT2D eigenvalue weighted by atomic mass is 32.1. The van der Waals surface area contributed by atoms with Crippen molar-refractivity contribution in [2.75, 3.05) is 12.3 Å². The summed E-state index contributed by atoms with van der Waals surface area (Å²) in [4.78, 5) is 24.8. The van der Waals surface area contributed by atoms with E-state index in [9.17, 15) is 14.7 Å². The number of hydrogen-bond acceptors (Lipinski definition) is 3. The van der Waals surface area contributed by atoms with E-state index in [-0.39, 0.29) is 11.8 Å². The average molecular weight is 307 g/mol. The SMILES string of the molecule is O=C(O)[C@@H]1C[C@H](CCc2ccccc2)CN1C(=O)CCS. The molecule has 1 heterocycles. The van der Waals surface area contributed by atoms with E-state index in [2.05, 4.69) is 24.8 Å². The number of benzene rings is 1. The molecule has 1 aliphatic rings. The van der Waals surface area contributed by atoms with Crippen LogP contribution in [-0.4, -0.2) is 40.2 Å². The summed E-state index contributed by atoms with van der Waals surface area (Å²) in [6.45, 7) is 0.552. The van der Waals surface area contributed by atoms with Crippen molar-refractivity contribution in [1.82, 2.24) is 4.90 Å². The number of thiol groups is 1. The summed E-state index contributed by atoms with van der Waals surface area (Å²) in [6.07, 6.45) is 2.70. The molecule has 0 aliphatic carbocycles. The maximum Gasteiger partial charge on any atom is 0.326 e. The maximum atomic E-state index is 12.0. The zero-order valence-electron chi connectivity index (χ0n) is 11.9. The molecule has 1 aromatic carbocycles. The lowest BCUT2D eigenvalue weighted by molar-refractivity contribution is -0.148. The zero-order chi connectivity index (χ0) is 15.2. The number of carbonyl (C=O) groups is 2. The number of rotatable bonds is 6. The van der Waals surface area contributed by atoms with E-state index in [0.29, 0.717) is 25.1 Å². The summed E-state index contributed by atoms with van der Waals surface area (Å²) < 4.78 is 0. The van der Waals surface area contributed by atoms with E-state index in [1.165, 1.54) is 10.5 Å². The summed E-state index contributed by atoms with van der Waals surface area (Å²) in [5.74, 6) is -0.282. The van der Waals surface area contributed by atoms with Crippen LogP contribution in [-0.2, 0) is 16.0 Å². The molecule has 1 aliphatic heterocycles. The first-order chi connectivity index (χ1) is 10.1. The van der Waals surface area contributed by atoms with Gasteiger partial charge in [0, 0.05) is 13.0 Å². The highest BCUT2D eigenvalue weighted by Gasteiger charge is 2.38. The van der Waals surface area contributed by atoms with Crippen LogP contribution in [0, 0.1) is 5.92 Å². The van der Waals surface area contributed by atoms with Crippen LogP contribution in [0.15, 0.2) is 30.3 Å². The second kappa shape index (κ2) is 7.50. The molecule has 0 spiro atoms. The molecule has 21 heavy (non-hydrogen) atoms. The standard InChI is InChI=1S/C16H21NO3S/c18-15(8-9-21)17-11-13(10-14(17)16(19)20)7-6-12-4-2-1-3-5-12/h1-5,13-14,21H,6-11H2,(H,19,20)/t13-,14-/m0/s1. The Kier molecular flexibility index (Phi) is 5.67. The van der Waals surface area contributed by atoms with Crippen molar-refractivity contribution in [2.24, 2.45) is 5.92 Å². The van der Waals surface area contributed by atoms with Crippen LogP contribution < -0.4 is 0 Å². The number of nitrogens with zero attached hydrogens (tertiary/aromatic N) is 1. The van der Waals surface area contributed by atoms with Gasteiger partial charge in [0.15, 0.2) is 0 Å². The number of likely N-dealkylation sites (tertiary alicyclic amines) is 1. The van der Waals surface area contributed by atoms with Crippen LogP contribution in [0.5, 0.6) is 0 Å². The van der Waals surface area contributed by atoms with Crippen molar-refractivity contribution in [3.63, 3.8) is 0 Å². The highest BCUT2D eigenvalue weighted by molar-refractivity contribution is 7.80. The second-order valence-corrected chi connectivity index (χ2v) is 5.95. The molecular formula is C16H21NO3S. The molecule has 114 valence electrons. The van der Waals surface area contributed by atoms with Crippen molar-refractivity contribution in [2.45, 2.75) is 31.7 Å². The Morgan fingerprint density at radius 1 is 1.29 bits per heavy atom. The van der Waals surface area contributed by atoms with Gasteiger partial charge in [-0.15, -0.1) is 0 Å². The maximum absolute atomic E-state index is 12.0. The van der Waals surface area contributed by atoms with Gasteiger partial charge in [-0.25, -0.2) is 4.79 Å². The van der Waals surface area contributed by atoms with E-state index in [0.717, 1.165) is 12.8 Å². The normalized spacial score (nSPS) is 21.5. The molecule has 1 saturated heterocycles. The molecule has 1 fully saturated rings. The fourth-order valence-corrected chi connectivity index (χ4v) is 3.09. The molecule has 0 radical (unpaired) electrons. The van der Waals surface area contributed by atoms with Crippen LogP contribution in [0.1, 0.15) is 24.8 Å². The van der Waals surface area contributed by atoms with Crippen LogP contribution in [0.25, 0.3) is 0 Å². The van der Waals surface area contributed by atoms with Gasteiger partial charge in [0.1, 0.15) is 6.04 Å². The van der Waals surface area contributed by atoms with Crippen molar-refractivity contribution in [3.05, 3.63) is 35.9 Å². The summed E-state index contributed by atoms with van der Waals surface area (Å²) in [7, 11) is 0. The lowest BCUT2D eigenvalue weighted by Crippen LogP contribution is -2.40. The topological polar surface area (TPSA) is 57.6 Å². The first-order valence-electron chi connectivity index (χ1n) is 7.29. The average Bonchev–Trinajstić information content (AvgIpc) is 2.91. The smallest absolute Gasteiger partial charge is 0.326 e. The molecule has 4 nitrogen and oxygen atoms in total. The summed E-state index contributed by atoms with van der Waals surface area (Å²) in [5, 5.41) is 9.29. The summed E-state index contributed by atoms with van der Waals surface area (Å²) in [6, 6.07) is 9.48. The monoisotopic (exact) mass is 307 g/mol. The van der Waals surface area contributed by atoms with Gasteiger partial charge < -0.3 is 10.0 Å². The van der Waals surface area contributed by atoms with E-state index >= 15 is 0 Å². The molecule has 2 atom stereocenters. The van der Waals surface area contributed by atoms with Gasteiger partial charge in [-0.2, -0.15) is 12.6 Å². The Morgan fingerprint density at radius 2 is 2.00 bits per heavy atom. The number of hydrogen-bond donors (Lipinski definition) is 2. The lowest BCUT2D eigenvalue weighted by Gasteiger charge is -2.21. The fraction of sp³-hybridized carbons (Fsp3) is 0.500. The minimum atomic E-state index is -0.898. The Labute approximate surface area is 130 Å². The minimum absolute atomic E-state index is 0.0976. The molecule has 5 heteroatoms. The van der Waals surface area contributed by atoms with Crippen LogP contribution in [0.4, 0.5) is 0 Å². The third kappa shape index (κ3) is 4.24. The molecule has 0 aromatic heterocycles. The summed E-state index contributed by atoms with van der Waals surface area (Å²) in [5.41, 5.74) is 1.25. The number of carboxylic acids is 1. The quantitative estimate of drug-likeness (QED) is 0.793. The highest BCUT2D eigenvalue weighted by Crippen LogP contribution is 2.28. The van der Waals surface area contributed by atoms with Gasteiger partial charge in [0.2, 0.25) is 5.91 Å². The van der Waals surface area contributed by atoms with Gasteiger partial charge in [0.25, 0.3) is 0 Å². The van der Waals surface area contributed by atoms with Gasteiger partial charge >= 0.3 is 5.97 Å². The second-order valence-electron chi connectivity index (χ2n) is 5.50. The van der Waals surface area contributed by atoms with E-state index in [1.54, 1.807) is 0 Å². The predicted molar refractivity (Wildman–Crippen MR) is 84.5 cm³/mol. The van der Waals surface area contributed by atoms with Crippen LogP contribution in [0.2, 0.25) is 0 Å². The van der Waals surface area contributed by atoms with Gasteiger partial charge in [-0.05, 0) is 36.5 Å². The zero-order valence-corrected chi connectivity index (χ0v) is 12.8. The van der Waals surface area contributed by atoms with E-state index in [4.69, 9.17) is 0 Å². The molecule has 1 aromatic rings. The number of amides is 1. The molecule has 2 rings (SSSR count). The Hall–Kier alpha value is -1.49. The van der Waals surface area contributed by atoms with Crippen molar-refractivity contribution < 1.29 is 14.7 Å². The molecule has 1 amide bonds. The van der Waals surface area contributed by atoms with Gasteiger partial charge in [-0.3, -0.25) is 4.79 Å². The van der Waals surface area contributed by atoms with Crippen LogP contribution in [0.3, 0.4) is 0 Å². The van der Waals surface area contributed by atoms with E-state index < -0.39 is 12.0 Å². The molecule has 0 bridgehead atoms. The Balaban J connectivity index is 1.94. The lowest BCUT2D eigenvalue weighted by atomic mass is 9.97. The molecule has 0 unspecified atom stereocenters.